The number of hydrogen-bond donors (Lipinski definition) is 0. The molecular formula is C16H23ClN2O3S. The van der Waals surface area contributed by atoms with E-state index in [0.29, 0.717) is 29.7 Å². The van der Waals surface area contributed by atoms with Gasteiger partial charge in [-0.05, 0) is 43.4 Å². The first-order valence-electron chi connectivity index (χ1n) is 7.70. The fraction of sp³-hybridized carbons (Fsp3) is 0.562. The molecule has 1 atom stereocenters. The summed E-state index contributed by atoms with van der Waals surface area (Å²) in [5, 5.41) is 0.443. The van der Waals surface area contributed by atoms with E-state index in [4.69, 9.17) is 11.6 Å². The van der Waals surface area contributed by atoms with E-state index in [9.17, 15) is 13.2 Å². The van der Waals surface area contributed by atoms with Crippen LogP contribution in [0.15, 0.2) is 18.2 Å². The van der Waals surface area contributed by atoms with Crippen molar-refractivity contribution in [3.8, 4) is 0 Å². The number of hydrogen-bond acceptors (Lipinski definition) is 3. The number of sulfonamides is 1. The molecule has 0 saturated carbocycles. The molecule has 1 aliphatic heterocycles. The van der Waals surface area contributed by atoms with Crippen molar-refractivity contribution in [1.82, 2.24) is 4.90 Å². The zero-order valence-corrected chi connectivity index (χ0v) is 15.3. The number of nitrogens with zero attached hydrogens (tertiary/aromatic N) is 2. The highest BCUT2D eigenvalue weighted by Crippen LogP contribution is 2.26. The Balaban J connectivity index is 2.26. The molecule has 0 spiro atoms. The molecule has 0 aromatic heterocycles. The van der Waals surface area contributed by atoms with Crippen LogP contribution in [0.25, 0.3) is 0 Å². The molecule has 1 heterocycles. The highest BCUT2D eigenvalue weighted by Gasteiger charge is 2.27. The van der Waals surface area contributed by atoms with E-state index in [1.165, 1.54) is 0 Å². The first kappa shape index (κ1) is 18.1. The lowest BCUT2D eigenvalue weighted by Gasteiger charge is -2.33. The van der Waals surface area contributed by atoms with Crippen LogP contribution in [0.4, 0.5) is 5.69 Å². The molecule has 7 heteroatoms. The molecule has 1 aromatic rings. The van der Waals surface area contributed by atoms with Crippen LogP contribution in [0.5, 0.6) is 0 Å². The summed E-state index contributed by atoms with van der Waals surface area (Å²) in [5.41, 5.74) is 1.22. The summed E-state index contributed by atoms with van der Waals surface area (Å²) in [4.78, 5) is 14.3. The summed E-state index contributed by atoms with van der Waals surface area (Å²) in [5.74, 6) is 0.286. The number of carbonyl (C=O) groups is 1. The Morgan fingerprint density at radius 1 is 1.43 bits per heavy atom. The summed E-state index contributed by atoms with van der Waals surface area (Å²) < 4.78 is 25.5. The van der Waals surface area contributed by atoms with Gasteiger partial charge >= 0.3 is 0 Å². The highest BCUT2D eigenvalue weighted by molar-refractivity contribution is 7.92. The van der Waals surface area contributed by atoms with Crippen LogP contribution in [0.3, 0.4) is 0 Å². The number of carbonyl (C=O) groups excluding carboxylic acids is 1. The topological polar surface area (TPSA) is 57.7 Å². The third kappa shape index (κ3) is 4.61. The van der Waals surface area contributed by atoms with Gasteiger partial charge in [-0.2, -0.15) is 0 Å². The molecule has 0 bridgehead atoms. The number of amides is 1. The maximum absolute atomic E-state index is 12.6. The maximum Gasteiger partial charge on any atom is 0.243 e. The average molecular weight is 359 g/mol. The number of benzene rings is 1. The van der Waals surface area contributed by atoms with Crippen LogP contribution in [0.2, 0.25) is 5.02 Å². The lowest BCUT2D eigenvalue weighted by atomic mass is 10.0. The monoisotopic (exact) mass is 358 g/mol. The summed E-state index contributed by atoms with van der Waals surface area (Å²) in [7, 11) is -3.58. The highest BCUT2D eigenvalue weighted by atomic mass is 35.5. The number of aryl methyl sites for hydroxylation is 1. The van der Waals surface area contributed by atoms with Crippen molar-refractivity contribution in [3.63, 3.8) is 0 Å². The Hall–Kier alpha value is -1.27. The van der Waals surface area contributed by atoms with E-state index < -0.39 is 10.0 Å². The lowest BCUT2D eigenvalue weighted by Crippen LogP contribution is -2.46. The third-order valence-corrected chi connectivity index (χ3v) is 5.49. The van der Waals surface area contributed by atoms with Gasteiger partial charge in [0.2, 0.25) is 15.9 Å². The molecule has 2 rings (SSSR count). The van der Waals surface area contributed by atoms with Gasteiger partial charge in [-0.25, -0.2) is 8.42 Å². The lowest BCUT2D eigenvalue weighted by molar-refractivity contribution is -0.131. The number of rotatable bonds is 4. The van der Waals surface area contributed by atoms with E-state index in [-0.39, 0.29) is 12.5 Å². The summed E-state index contributed by atoms with van der Waals surface area (Å²) in [6.45, 7) is 5.10. The normalized spacial score (nSPS) is 18.8. The quantitative estimate of drug-likeness (QED) is 0.831. The van der Waals surface area contributed by atoms with Gasteiger partial charge in [0.1, 0.15) is 6.54 Å². The number of halogens is 1. The molecule has 0 N–H and O–H groups in total. The van der Waals surface area contributed by atoms with Crippen molar-refractivity contribution in [1.29, 1.82) is 0 Å². The van der Waals surface area contributed by atoms with E-state index in [1.54, 1.807) is 30.0 Å². The Bertz CT molecular complexity index is 691. The van der Waals surface area contributed by atoms with Gasteiger partial charge in [0.05, 0.1) is 11.9 Å². The fourth-order valence-corrected chi connectivity index (χ4v) is 3.94. The number of likely N-dealkylation sites (tertiary alicyclic amines) is 1. The van der Waals surface area contributed by atoms with Crippen LogP contribution in [0.1, 0.15) is 25.3 Å². The third-order valence-electron chi connectivity index (χ3n) is 4.13. The van der Waals surface area contributed by atoms with Gasteiger partial charge in [0.15, 0.2) is 0 Å². The average Bonchev–Trinajstić information content (AvgIpc) is 2.46. The van der Waals surface area contributed by atoms with Crippen LogP contribution in [0, 0.1) is 12.8 Å². The van der Waals surface area contributed by atoms with Gasteiger partial charge in [-0.1, -0.05) is 24.6 Å². The molecule has 0 unspecified atom stereocenters. The molecule has 23 heavy (non-hydrogen) atoms. The molecular weight excluding hydrogens is 336 g/mol. The standard InChI is InChI=1S/C16H23ClN2O3S/c1-12-5-4-8-18(10-12)16(20)11-19(23(3,21)22)15-9-14(17)7-6-13(15)2/h6-7,9,12H,4-5,8,10-11H2,1-3H3/t12-/m0/s1. The Morgan fingerprint density at radius 3 is 2.74 bits per heavy atom. The maximum atomic E-state index is 12.6. The van der Waals surface area contributed by atoms with E-state index in [2.05, 4.69) is 6.92 Å². The minimum absolute atomic E-state index is 0.165. The minimum atomic E-state index is -3.58. The molecule has 5 nitrogen and oxygen atoms in total. The molecule has 1 fully saturated rings. The SMILES string of the molecule is Cc1ccc(Cl)cc1N(CC(=O)N1CCC[C@H](C)C1)S(C)(=O)=O. The summed E-state index contributed by atoms with van der Waals surface area (Å²) in [6.07, 6.45) is 3.18. The minimum Gasteiger partial charge on any atom is -0.341 e. The number of piperidine rings is 1. The number of anilines is 1. The van der Waals surface area contributed by atoms with E-state index in [0.717, 1.165) is 29.0 Å². The van der Waals surface area contributed by atoms with Crippen molar-refractivity contribution in [3.05, 3.63) is 28.8 Å². The van der Waals surface area contributed by atoms with Gasteiger partial charge < -0.3 is 4.90 Å². The van der Waals surface area contributed by atoms with E-state index >= 15 is 0 Å². The summed E-state index contributed by atoms with van der Waals surface area (Å²) >= 11 is 6.00. The molecule has 128 valence electrons. The van der Waals surface area contributed by atoms with Crippen molar-refractivity contribution in [2.75, 3.05) is 30.2 Å². The fourth-order valence-electron chi connectivity index (χ4n) is 2.87. The molecule has 1 aromatic carbocycles. The Kier molecular flexibility index (Phi) is 5.57. The van der Waals surface area contributed by atoms with Gasteiger partial charge in [-0.3, -0.25) is 9.10 Å². The van der Waals surface area contributed by atoms with Crippen LogP contribution in [-0.2, 0) is 14.8 Å². The molecule has 1 aliphatic rings. The van der Waals surface area contributed by atoms with Gasteiger partial charge in [0, 0.05) is 18.1 Å². The largest absolute Gasteiger partial charge is 0.341 e. The second kappa shape index (κ2) is 7.09. The van der Waals surface area contributed by atoms with E-state index in [1.807, 2.05) is 0 Å². The first-order chi connectivity index (χ1) is 10.7. The Morgan fingerprint density at radius 2 is 2.13 bits per heavy atom. The second-order valence-electron chi connectivity index (χ2n) is 6.29. The predicted molar refractivity (Wildman–Crippen MR) is 93.4 cm³/mol. The van der Waals surface area contributed by atoms with Crippen LogP contribution < -0.4 is 4.31 Å². The van der Waals surface area contributed by atoms with Crippen LogP contribution in [-0.4, -0.2) is 45.1 Å². The van der Waals surface area contributed by atoms with Crippen molar-refractivity contribution in [2.24, 2.45) is 5.92 Å². The zero-order chi connectivity index (χ0) is 17.2. The van der Waals surface area contributed by atoms with Crippen molar-refractivity contribution >= 4 is 33.2 Å². The smallest absolute Gasteiger partial charge is 0.243 e. The molecule has 0 aliphatic carbocycles. The van der Waals surface area contributed by atoms with Crippen molar-refractivity contribution < 1.29 is 13.2 Å². The zero-order valence-electron chi connectivity index (χ0n) is 13.8. The first-order valence-corrected chi connectivity index (χ1v) is 9.92. The van der Waals surface area contributed by atoms with Crippen LogP contribution >= 0.6 is 11.6 Å². The molecule has 1 saturated heterocycles. The Labute approximate surface area is 143 Å². The van der Waals surface area contributed by atoms with Gasteiger partial charge in [-0.15, -0.1) is 0 Å². The van der Waals surface area contributed by atoms with Gasteiger partial charge in [0.25, 0.3) is 0 Å². The predicted octanol–water partition coefficient (Wildman–Crippen LogP) is 2.67. The second-order valence-corrected chi connectivity index (χ2v) is 8.63. The molecule has 1 amide bonds. The molecule has 0 radical (unpaired) electrons. The van der Waals surface area contributed by atoms with Crippen molar-refractivity contribution in [2.45, 2.75) is 26.7 Å². The summed E-state index contributed by atoms with van der Waals surface area (Å²) in [6, 6.07) is 5.04.